The first kappa shape index (κ1) is 15.5. The zero-order chi connectivity index (χ0) is 15.7. The molecule has 0 atom stereocenters. The first-order valence-corrected chi connectivity index (χ1v) is 8.74. The van der Waals surface area contributed by atoms with Gasteiger partial charge in [0.25, 0.3) is 5.56 Å². The summed E-state index contributed by atoms with van der Waals surface area (Å²) in [7, 11) is 1.67. The molecule has 1 aliphatic rings. The lowest BCUT2D eigenvalue weighted by molar-refractivity contribution is 0.210. The number of hydrogen-bond acceptors (Lipinski definition) is 5. The van der Waals surface area contributed by atoms with Crippen LogP contribution in [-0.2, 0) is 17.6 Å². The van der Waals surface area contributed by atoms with Crippen molar-refractivity contribution in [1.82, 2.24) is 9.55 Å². The molecule has 3 rings (SSSR count). The van der Waals surface area contributed by atoms with Crippen molar-refractivity contribution >= 4 is 27.5 Å². The zero-order valence-electron chi connectivity index (χ0n) is 13.4. The fourth-order valence-corrected chi connectivity index (χ4v) is 4.34. The molecular weight excluding hydrogens is 298 g/mol. The molecule has 2 aromatic heterocycles. The molecule has 0 aromatic carbocycles. The Morgan fingerprint density at radius 3 is 2.86 bits per heavy atom. The van der Waals surface area contributed by atoms with E-state index in [2.05, 4.69) is 5.32 Å². The molecule has 2 aromatic rings. The van der Waals surface area contributed by atoms with E-state index in [0.29, 0.717) is 19.1 Å². The highest BCUT2D eigenvalue weighted by molar-refractivity contribution is 7.18. The van der Waals surface area contributed by atoms with Gasteiger partial charge in [-0.3, -0.25) is 9.36 Å². The summed E-state index contributed by atoms with van der Waals surface area (Å²) in [6, 6.07) is 0.0774. The SMILES string of the molecule is COCCNc1nc2sc3c(c2c(=O)n1C(C)C)CCCC3. The Bertz CT molecular complexity index is 733. The van der Waals surface area contributed by atoms with Crippen LogP contribution in [-0.4, -0.2) is 29.8 Å². The highest BCUT2D eigenvalue weighted by Gasteiger charge is 2.22. The second kappa shape index (κ2) is 6.38. The van der Waals surface area contributed by atoms with Crippen LogP contribution >= 0.6 is 11.3 Å². The van der Waals surface area contributed by atoms with Gasteiger partial charge in [0.1, 0.15) is 4.83 Å². The van der Waals surface area contributed by atoms with Crippen LogP contribution in [0.2, 0.25) is 0 Å². The molecule has 0 amide bonds. The summed E-state index contributed by atoms with van der Waals surface area (Å²) < 4.78 is 6.85. The average molecular weight is 321 g/mol. The molecular formula is C16H23N3O2S. The third-order valence-corrected chi connectivity index (χ3v) is 5.31. The van der Waals surface area contributed by atoms with Crippen molar-refractivity contribution in [1.29, 1.82) is 0 Å². The van der Waals surface area contributed by atoms with Crippen molar-refractivity contribution < 1.29 is 4.74 Å². The first-order chi connectivity index (χ1) is 10.6. The molecule has 5 nitrogen and oxygen atoms in total. The van der Waals surface area contributed by atoms with Crippen LogP contribution in [0.15, 0.2) is 4.79 Å². The van der Waals surface area contributed by atoms with Crippen LogP contribution in [0.25, 0.3) is 10.2 Å². The van der Waals surface area contributed by atoms with Crippen molar-refractivity contribution in [2.75, 3.05) is 25.6 Å². The van der Waals surface area contributed by atoms with E-state index in [4.69, 9.17) is 9.72 Å². The van der Waals surface area contributed by atoms with Crippen LogP contribution in [0.4, 0.5) is 5.95 Å². The quantitative estimate of drug-likeness (QED) is 0.860. The van der Waals surface area contributed by atoms with Crippen LogP contribution in [0.1, 0.15) is 43.2 Å². The fourth-order valence-electron chi connectivity index (χ4n) is 3.09. The third-order valence-electron chi connectivity index (χ3n) is 4.13. The van der Waals surface area contributed by atoms with E-state index in [1.807, 2.05) is 13.8 Å². The smallest absolute Gasteiger partial charge is 0.264 e. The van der Waals surface area contributed by atoms with Gasteiger partial charge in [-0.1, -0.05) is 0 Å². The van der Waals surface area contributed by atoms with E-state index in [0.717, 1.165) is 23.1 Å². The number of fused-ring (bicyclic) bond motifs is 3. The molecule has 2 heterocycles. The monoisotopic (exact) mass is 321 g/mol. The van der Waals surface area contributed by atoms with Gasteiger partial charge in [0, 0.05) is 24.6 Å². The first-order valence-electron chi connectivity index (χ1n) is 7.93. The van der Waals surface area contributed by atoms with Gasteiger partial charge < -0.3 is 10.1 Å². The number of hydrogen-bond donors (Lipinski definition) is 1. The van der Waals surface area contributed by atoms with E-state index < -0.39 is 0 Å². The molecule has 120 valence electrons. The van der Waals surface area contributed by atoms with Crippen LogP contribution in [0.3, 0.4) is 0 Å². The normalized spacial score (nSPS) is 14.5. The number of nitrogens with one attached hydrogen (secondary N) is 1. The number of aromatic nitrogens is 2. The van der Waals surface area contributed by atoms with E-state index in [1.54, 1.807) is 23.0 Å². The van der Waals surface area contributed by atoms with Gasteiger partial charge in [-0.25, -0.2) is 4.98 Å². The van der Waals surface area contributed by atoms with Crippen LogP contribution < -0.4 is 10.9 Å². The topological polar surface area (TPSA) is 56.1 Å². The Morgan fingerprint density at radius 2 is 2.14 bits per heavy atom. The lowest BCUT2D eigenvalue weighted by Crippen LogP contribution is -2.27. The lowest BCUT2D eigenvalue weighted by Gasteiger charge is -2.17. The van der Waals surface area contributed by atoms with E-state index in [1.165, 1.54) is 23.3 Å². The number of rotatable bonds is 5. The van der Waals surface area contributed by atoms with Crippen molar-refractivity contribution in [2.24, 2.45) is 0 Å². The van der Waals surface area contributed by atoms with Gasteiger partial charge in [-0.05, 0) is 45.1 Å². The molecule has 0 unspecified atom stereocenters. The maximum Gasteiger partial charge on any atom is 0.264 e. The summed E-state index contributed by atoms with van der Waals surface area (Å²) in [6.07, 6.45) is 4.50. The summed E-state index contributed by atoms with van der Waals surface area (Å²) in [6.45, 7) is 5.28. The van der Waals surface area contributed by atoms with Crippen molar-refractivity contribution in [3.05, 3.63) is 20.8 Å². The van der Waals surface area contributed by atoms with E-state index in [-0.39, 0.29) is 11.6 Å². The minimum absolute atomic E-state index is 0.0774. The fraction of sp³-hybridized carbons (Fsp3) is 0.625. The Hall–Kier alpha value is -1.40. The molecule has 0 aliphatic heterocycles. The van der Waals surface area contributed by atoms with E-state index >= 15 is 0 Å². The Morgan fingerprint density at radius 1 is 1.36 bits per heavy atom. The van der Waals surface area contributed by atoms with Crippen LogP contribution in [0.5, 0.6) is 0 Å². The van der Waals surface area contributed by atoms with Gasteiger partial charge in [-0.2, -0.15) is 0 Å². The minimum atomic E-state index is 0.0774. The van der Waals surface area contributed by atoms with Gasteiger partial charge in [0.15, 0.2) is 0 Å². The number of anilines is 1. The predicted octanol–water partition coefficient (Wildman–Crippen LogP) is 2.98. The molecule has 6 heteroatoms. The zero-order valence-corrected chi connectivity index (χ0v) is 14.3. The number of aryl methyl sites for hydroxylation is 2. The molecule has 1 N–H and O–H groups in total. The summed E-state index contributed by atoms with van der Waals surface area (Å²) >= 11 is 1.69. The number of ether oxygens (including phenoxy) is 1. The second-order valence-corrected chi connectivity index (χ2v) is 7.10. The number of thiophene rings is 1. The maximum absolute atomic E-state index is 13.0. The van der Waals surface area contributed by atoms with Gasteiger partial charge in [0.05, 0.1) is 12.0 Å². The van der Waals surface area contributed by atoms with Crippen LogP contribution in [0, 0.1) is 0 Å². The van der Waals surface area contributed by atoms with Gasteiger partial charge >= 0.3 is 0 Å². The molecule has 0 radical (unpaired) electrons. The lowest BCUT2D eigenvalue weighted by atomic mass is 9.97. The Balaban J connectivity index is 2.15. The highest BCUT2D eigenvalue weighted by Crippen LogP contribution is 2.34. The molecule has 1 aliphatic carbocycles. The predicted molar refractivity (Wildman–Crippen MR) is 91.3 cm³/mol. The third kappa shape index (κ3) is 2.65. The van der Waals surface area contributed by atoms with Gasteiger partial charge in [0.2, 0.25) is 5.95 Å². The Kier molecular flexibility index (Phi) is 4.49. The van der Waals surface area contributed by atoms with Gasteiger partial charge in [-0.15, -0.1) is 11.3 Å². The Labute approximate surface area is 134 Å². The standard InChI is InChI=1S/C16H23N3O2S/c1-10(2)19-15(20)13-11-6-4-5-7-12(11)22-14(13)18-16(19)17-8-9-21-3/h10H,4-9H2,1-3H3,(H,17,18). The molecule has 22 heavy (non-hydrogen) atoms. The highest BCUT2D eigenvalue weighted by atomic mass is 32.1. The second-order valence-electron chi connectivity index (χ2n) is 6.01. The number of nitrogens with zero attached hydrogens (tertiary/aromatic N) is 2. The number of methoxy groups -OCH3 is 1. The van der Waals surface area contributed by atoms with Crippen molar-refractivity contribution in [3.63, 3.8) is 0 Å². The average Bonchev–Trinajstić information content (AvgIpc) is 2.85. The molecule has 0 fully saturated rings. The largest absolute Gasteiger partial charge is 0.383 e. The summed E-state index contributed by atoms with van der Waals surface area (Å²) in [4.78, 5) is 20.0. The summed E-state index contributed by atoms with van der Waals surface area (Å²) in [5.74, 6) is 0.656. The maximum atomic E-state index is 13.0. The van der Waals surface area contributed by atoms with Crippen molar-refractivity contribution in [3.8, 4) is 0 Å². The molecule has 0 saturated heterocycles. The summed E-state index contributed by atoms with van der Waals surface area (Å²) in [5.41, 5.74) is 1.35. The minimum Gasteiger partial charge on any atom is -0.383 e. The molecule has 0 bridgehead atoms. The van der Waals surface area contributed by atoms with Crippen molar-refractivity contribution in [2.45, 2.75) is 45.6 Å². The molecule has 0 saturated carbocycles. The summed E-state index contributed by atoms with van der Waals surface area (Å²) in [5, 5.41) is 4.09. The molecule has 0 spiro atoms. The van der Waals surface area contributed by atoms with E-state index in [9.17, 15) is 4.79 Å².